The average molecular weight is 301 g/mol. The summed E-state index contributed by atoms with van der Waals surface area (Å²) < 4.78 is 1.63. The maximum Gasteiger partial charge on any atom is 0.242 e. The van der Waals surface area contributed by atoms with E-state index >= 15 is 0 Å². The zero-order valence-corrected chi connectivity index (χ0v) is 11.9. The molecule has 0 saturated carbocycles. The van der Waals surface area contributed by atoms with Gasteiger partial charge in [-0.25, -0.2) is 0 Å². The number of nitrogens with zero attached hydrogens (tertiary/aromatic N) is 3. The zero-order chi connectivity index (χ0) is 14.7. The molecule has 6 heteroatoms. The molecule has 0 aliphatic heterocycles. The number of carbonyl (C=O) groups is 1. The average Bonchev–Trinajstić information content (AvgIpc) is 2.88. The molecule has 0 saturated heterocycles. The fourth-order valence-electron chi connectivity index (χ4n) is 2.05. The summed E-state index contributed by atoms with van der Waals surface area (Å²) in [6.07, 6.45) is 3.42. The lowest BCUT2D eigenvalue weighted by Gasteiger charge is -2.06. The van der Waals surface area contributed by atoms with E-state index in [0.717, 1.165) is 16.6 Å². The van der Waals surface area contributed by atoms with E-state index in [-0.39, 0.29) is 12.5 Å². The molecule has 5 nitrogen and oxygen atoms in total. The summed E-state index contributed by atoms with van der Waals surface area (Å²) in [6.45, 7) is 0.552. The molecule has 1 amide bonds. The summed E-state index contributed by atoms with van der Waals surface area (Å²) >= 11 is 5.98. The van der Waals surface area contributed by atoms with Crippen LogP contribution < -0.4 is 5.32 Å². The first kappa shape index (κ1) is 13.6. The van der Waals surface area contributed by atoms with Gasteiger partial charge in [0, 0.05) is 16.6 Å². The van der Waals surface area contributed by atoms with Crippen molar-refractivity contribution in [1.29, 1.82) is 0 Å². The molecular formula is C15H13ClN4O. The number of benzene rings is 1. The second-order valence-corrected chi connectivity index (χ2v) is 5.04. The molecule has 3 aromatic rings. The maximum atomic E-state index is 12.0. The Morgan fingerprint density at radius 1 is 1.29 bits per heavy atom. The molecule has 0 spiro atoms. The zero-order valence-electron chi connectivity index (χ0n) is 11.2. The van der Waals surface area contributed by atoms with Crippen molar-refractivity contribution in [3.8, 4) is 0 Å². The van der Waals surface area contributed by atoms with E-state index in [1.807, 2.05) is 24.3 Å². The van der Waals surface area contributed by atoms with Crippen LogP contribution in [0.15, 0.2) is 48.8 Å². The van der Waals surface area contributed by atoms with Gasteiger partial charge in [0.1, 0.15) is 6.54 Å². The summed E-state index contributed by atoms with van der Waals surface area (Å²) in [7, 11) is 0. The molecule has 3 rings (SSSR count). The topological polar surface area (TPSA) is 59.8 Å². The molecular weight excluding hydrogens is 288 g/mol. The van der Waals surface area contributed by atoms with Crippen molar-refractivity contribution in [2.24, 2.45) is 0 Å². The van der Waals surface area contributed by atoms with Gasteiger partial charge < -0.3 is 5.32 Å². The minimum absolute atomic E-state index is 0.120. The smallest absolute Gasteiger partial charge is 0.242 e. The number of rotatable bonds is 4. The minimum Gasteiger partial charge on any atom is -0.349 e. The van der Waals surface area contributed by atoms with E-state index in [1.165, 1.54) is 0 Å². The highest BCUT2D eigenvalue weighted by molar-refractivity contribution is 6.31. The third-order valence-corrected chi connectivity index (χ3v) is 3.33. The Bertz CT molecular complexity index is 770. The number of hydrogen-bond donors (Lipinski definition) is 1. The van der Waals surface area contributed by atoms with E-state index < -0.39 is 0 Å². The first-order chi connectivity index (χ1) is 10.2. The van der Waals surface area contributed by atoms with Gasteiger partial charge in [0.25, 0.3) is 0 Å². The van der Waals surface area contributed by atoms with Crippen LogP contribution >= 0.6 is 11.6 Å². The monoisotopic (exact) mass is 300 g/mol. The Labute approximate surface area is 126 Å². The molecule has 1 aromatic carbocycles. The number of hydrogen-bond acceptors (Lipinski definition) is 3. The lowest BCUT2D eigenvalue weighted by atomic mass is 10.2. The predicted octanol–water partition coefficient (Wildman–Crippen LogP) is 2.40. The standard InChI is InChI=1S/C15H13ClN4O/c16-12-5-4-11-8-19-20(14(11)7-12)10-15(21)18-9-13-3-1-2-6-17-13/h1-8H,9-10H2,(H,18,21). The number of aromatic nitrogens is 3. The van der Waals surface area contributed by atoms with E-state index in [0.29, 0.717) is 11.6 Å². The Morgan fingerprint density at radius 2 is 2.19 bits per heavy atom. The minimum atomic E-state index is -0.120. The van der Waals surface area contributed by atoms with Crippen molar-refractivity contribution in [2.45, 2.75) is 13.1 Å². The molecule has 2 aromatic heterocycles. The summed E-state index contributed by atoms with van der Waals surface area (Å²) in [4.78, 5) is 16.1. The largest absolute Gasteiger partial charge is 0.349 e. The number of nitrogens with one attached hydrogen (secondary N) is 1. The lowest BCUT2D eigenvalue weighted by molar-refractivity contribution is -0.121. The Balaban J connectivity index is 1.67. The van der Waals surface area contributed by atoms with Gasteiger partial charge in [0.05, 0.1) is 24.0 Å². The van der Waals surface area contributed by atoms with E-state index in [2.05, 4.69) is 15.4 Å². The van der Waals surface area contributed by atoms with E-state index in [1.54, 1.807) is 29.2 Å². The van der Waals surface area contributed by atoms with Gasteiger partial charge in [-0.2, -0.15) is 5.10 Å². The molecule has 0 aliphatic rings. The number of carbonyl (C=O) groups excluding carboxylic acids is 1. The molecule has 0 aliphatic carbocycles. The summed E-state index contributed by atoms with van der Waals surface area (Å²) in [5.74, 6) is -0.120. The molecule has 0 radical (unpaired) electrons. The first-order valence-corrected chi connectivity index (χ1v) is 6.88. The number of pyridine rings is 1. The van der Waals surface area contributed by atoms with Crippen LogP contribution in [0.4, 0.5) is 0 Å². The fourth-order valence-corrected chi connectivity index (χ4v) is 2.22. The molecule has 0 bridgehead atoms. The highest BCUT2D eigenvalue weighted by Crippen LogP contribution is 2.18. The van der Waals surface area contributed by atoms with Gasteiger partial charge in [-0.1, -0.05) is 17.7 Å². The van der Waals surface area contributed by atoms with Crippen LogP contribution in [0, 0.1) is 0 Å². The molecule has 2 heterocycles. The first-order valence-electron chi connectivity index (χ1n) is 6.50. The van der Waals surface area contributed by atoms with Gasteiger partial charge >= 0.3 is 0 Å². The normalized spacial score (nSPS) is 10.7. The van der Waals surface area contributed by atoms with Crippen LogP contribution in [0.1, 0.15) is 5.69 Å². The van der Waals surface area contributed by atoms with Gasteiger partial charge in [-0.15, -0.1) is 0 Å². The van der Waals surface area contributed by atoms with Crippen molar-refractivity contribution >= 4 is 28.4 Å². The van der Waals surface area contributed by atoms with Crippen molar-refractivity contribution in [3.05, 3.63) is 59.5 Å². The van der Waals surface area contributed by atoms with Crippen molar-refractivity contribution in [2.75, 3.05) is 0 Å². The van der Waals surface area contributed by atoms with Crippen LogP contribution in [0.5, 0.6) is 0 Å². The SMILES string of the molecule is O=C(Cn1ncc2ccc(Cl)cc21)NCc1ccccn1. The highest BCUT2D eigenvalue weighted by atomic mass is 35.5. The molecule has 0 fully saturated rings. The number of halogens is 1. The number of amides is 1. The fraction of sp³-hybridized carbons (Fsp3) is 0.133. The third-order valence-electron chi connectivity index (χ3n) is 3.09. The van der Waals surface area contributed by atoms with Gasteiger partial charge in [-0.05, 0) is 30.3 Å². The predicted molar refractivity (Wildman–Crippen MR) is 80.8 cm³/mol. The molecule has 0 atom stereocenters. The summed E-state index contributed by atoms with van der Waals surface area (Å²) in [5.41, 5.74) is 1.66. The summed E-state index contributed by atoms with van der Waals surface area (Å²) in [5, 5.41) is 8.61. The van der Waals surface area contributed by atoms with E-state index in [4.69, 9.17) is 11.6 Å². The molecule has 21 heavy (non-hydrogen) atoms. The van der Waals surface area contributed by atoms with Gasteiger partial charge in [0.2, 0.25) is 5.91 Å². The van der Waals surface area contributed by atoms with Crippen LogP contribution in [-0.2, 0) is 17.9 Å². The molecule has 106 valence electrons. The van der Waals surface area contributed by atoms with Crippen molar-refractivity contribution in [3.63, 3.8) is 0 Å². The molecule has 1 N–H and O–H groups in total. The van der Waals surface area contributed by atoms with Crippen LogP contribution in [0.3, 0.4) is 0 Å². The van der Waals surface area contributed by atoms with Crippen molar-refractivity contribution in [1.82, 2.24) is 20.1 Å². The van der Waals surface area contributed by atoms with Crippen LogP contribution in [0.25, 0.3) is 10.9 Å². The van der Waals surface area contributed by atoms with Gasteiger partial charge in [0.15, 0.2) is 0 Å². The summed E-state index contributed by atoms with van der Waals surface area (Å²) in [6, 6.07) is 11.1. The third kappa shape index (κ3) is 3.20. The van der Waals surface area contributed by atoms with Crippen molar-refractivity contribution < 1.29 is 4.79 Å². The second-order valence-electron chi connectivity index (χ2n) is 4.60. The second kappa shape index (κ2) is 5.93. The Hall–Kier alpha value is -2.40. The molecule has 0 unspecified atom stereocenters. The van der Waals surface area contributed by atoms with E-state index in [9.17, 15) is 4.79 Å². The lowest BCUT2D eigenvalue weighted by Crippen LogP contribution is -2.27. The maximum absolute atomic E-state index is 12.0. The van der Waals surface area contributed by atoms with Gasteiger partial charge in [-0.3, -0.25) is 14.5 Å². The highest BCUT2D eigenvalue weighted by Gasteiger charge is 2.08. The van der Waals surface area contributed by atoms with Crippen LogP contribution in [-0.4, -0.2) is 20.7 Å². The Kier molecular flexibility index (Phi) is 3.83. The Morgan fingerprint density at radius 3 is 3.00 bits per heavy atom. The van der Waals surface area contributed by atoms with Crippen LogP contribution in [0.2, 0.25) is 5.02 Å². The number of fused-ring (bicyclic) bond motifs is 1. The quantitative estimate of drug-likeness (QED) is 0.805.